The predicted octanol–water partition coefficient (Wildman–Crippen LogP) is 2.22. The lowest BCUT2D eigenvalue weighted by Gasteiger charge is -2.15. The number of ether oxygens (including phenoxy) is 1. The van der Waals surface area contributed by atoms with Crippen molar-refractivity contribution >= 4 is 27.6 Å². The summed E-state index contributed by atoms with van der Waals surface area (Å²) < 4.78 is 45.0. The van der Waals surface area contributed by atoms with Crippen LogP contribution in [0.25, 0.3) is 0 Å². The second kappa shape index (κ2) is 9.42. The Morgan fingerprint density at radius 2 is 2.06 bits per heavy atom. The first-order valence-corrected chi connectivity index (χ1v) is 12.6. The van der Waals surface area contributed by atoms with Gasteiger partial charge in [-0.05, 0) is 48.4 Å². The number of hydrogen-bond acceptors (Lipinski definition) is 7. The van der Waals surface area contributed by atoms with Gasteiger partial charge >= 0.3 is 6.03 Å². The maximum absolute atomic E-state index is 14.0. The largest absolute Gasteiger partial charge is 0.490 e. The molecular formula is C22H25FN4O5S. The lowest BCUT2D eigenvalue weighted by molar-refractivity contribution is -0.117. The van der Waals surface area contributed by atoms with Gasteiger partial charge in [-0.15, -0.1) is 0 Å². The summed E-state index contributed by atoms with van der Waals surface area (Å²) in [6.45, 7) is 2.10. The summed E-state index contributed by atoms with van der Waals surface area (Å²) in [5.74, 6) is -0.427. The number of carbonyl (C=O) groups excluding carboxylic acids is 2. The van der Waals surface area contributed by atoms with E-state index in [0.717, 1.165) is 12.8 Å². The zero-order chi connectivity index (χ0) is 23.6. The maximum Gasteiger partial charge on any atom is 0.330 e. The summed E-state index contributed by atoms with van der Waals surface area (Å²) >= 11 is 0. The van der Waals surface area contributed by atoms with Crippen molar-refractivity contribution in [1.82, 2.24) is 15.3 Å². The molecule has 2 aromatic rings. The maximum atomic E-state index is 14.0. The highest BCUT2D eigenvalue weighted by molar-refractivity contribution is 7.91. The molecule has 9 nitrogen and oxygen atoms in total. The monoisotopic (exact) mass is 476 g/mol. The SMILES string of the molecule is C[C@@H](CS(=O)(=O)CCc1nccc(N2CC(=O)NC2=O)n1)c1ccc(F)c(OCC2CC2)c1. The molecule has 4 rings (SSSR count). The van der Waals surface area contributed by atoms with E-state index in [9.17, 15) is 22.4 Å². The van der Waals surface area contributed by atoms with Gasteiger partial charge in [-0.2, -0.15) is 0 Å². The third-order valence-electron chi connectivity index (χ3n) is 5.60. The molecule has 11 heteroatoms. The van der Waals surface area contributed by atoms with E-state index in [1.807, 2.05) is 0 Å². The van der Waals surface area contributed by atoms with Crippen LogP contribution in [0.15, 0.2) is 30.5 Å². The summed E-state index contributed by atoms with van der Waals surface area (Å²) in [4.78, 5) is 32.6. The minimum absolute atomic E-state index is 0.0610. The highest BCUT2D eigenvalue weighted by Crippen LogP contribution is 2.31. The fraction of sp³-hybridized carbons (Fsp3) is 0.455. The van der Waals surface area contributed by atoms with Crippen molar-refractivity contribution in [3.8, 4) is 5.75 Å². The number of hydrogen-bond donors (Lipinski definition) is 1. The Labute approximate surface area is 191 Å². The van der Waals surface area contributed by atoms with Gasteiger partial charge in [0.1, 0.15) is 18.2 Å². The molecule has 0 bridgehead atoms. The lowest BCUT2D eigenvalue weighted by Crippen LogP contribution is -2.29. The molecule has 2 aliphatic rings. The van der Waals surface area contributed by atoms with Crippen LogP contribution in [-0.2, 0) is 21.1 Å². The van der Waals surface area contributed by atoms with E-state index in [1.165, 1.54) is 23.2 Å². The number of halogens is 1. The van der Waals surface area contributed by atoms with E-state index < -0.39 is 27.6 Å². The van der Waals surface area contributed by atoms with Gasteiger partial charge in [-0.3, -0.25) is 15.0 Å². The molecule has 1 saturated heterocycles. The Balaban J connectivity index is 1.36. The molecule has 176 valence electrons. The van der Waals surface area contributed by atoms with Crippen LogP contribution in [0.2, 0.25) is 0 Å². The highest BCUT2D eigenvalue weighted by Gasteiger charge is 2.29. The fourth-order valence-corrected chi connectivity index (χ4v) is 5.14. The number of sulfone groups is 1. The Morgan fingerprint density at radius 1 is 1.27 bits per heavy atom. The number of imide groups is 1. The standard InChI is InChI=1S/C22H25FN4O5S/c1-14(16-4-5-17(23)18(10-16)32-12-15-2-3-15)13-33(30,31)9-7-19-24-8-6-20(25-19)27-11-21(28)26-22(27)29/h4-6,8,10,14-15H,2-3,7,9,11-13H2,1H3,(H,26,28,29)/t14-/m0/s1. The average Bonchev–Trinajstić information content (AvgIpc) is 3.53. The van der Waals surface area contributed by atoms with Gasteiger partial charge in [0.2, 0.25) is 5.91 Å². The normalized spacial score (nSPS) is 17.2. The smallest absolute Gasteiger partial charge is 0.330 e. The van der Waals surface area contributed by atoms with Crippen LogP contribution in [0.3, 0.4) is 0 Å². The van der Waals surface area contributed by atoms with E-state index >= 15 is 0 Å². The number of aryl methyl sites for hydroxylation is 1. The second-order valence-electron chi connectivity index (χ2n) is 8.48. The van der Waals surface area contributed by atoms with E-state index in [-0.39, 0.29) is 47.8 Å². The average molecular weight is 477 g/mol. The molecule has 1 atom stereocenters. The van der Waals surface area contributed by atoms with Crippen LogP contribution in [-0.4, -0.2) is 55.0 Å². The molecule has 1 saturated carbocycles. The molecular weight excluding hydrogens is 451 g/mol. The predicted molar refractivity (Wildman–Crippen MR) is 118 cm³/mol. The van der Waals surface area contributed by atoms with Crippen molar-refractivity contribution in [2.45, 2.75) is 32.1 Å². The molecule has 1 aliphatic carbocycles. The number of rotatable bonds is 10. The molecule has 1 N–H and O–H groups in total. The van der Waals surface area contributed by atoms with Gasteiger partial charge in [0, 0.05) is 12.6 Å². The molecule has 0 unspecified atom stereocenters. The number of urea groups is 1. The molecule has 3 amide bonds. The summed E-state index contributed by atoms with van der Waals surface area (Å²) in [6, 6.07) is 5.36. The number of aromatic nitrogens is 2. The van der Waals surface area contributed by atoms with E-state index in [2.05, 4.69) is 15.3 Å². The first-order chi connectivity index (χ1) is 15.7. The van der Waals surface area contributed by atoms with Gasteiger partial charge in [0.25, 0.3) is 0 Å². The topological polar surface area (TPSA) is 119 Å². The molecule has 1 aromatic heterocycles. The molecule has 1 aromatic carbocycles. The quantitative estimate of drug-likeness (QED) is 0.522. The van der Waals surface area contributed by atoms with Crippen molar-refractivity contribution in [2.75, 3.05) is 29.6 Å². The minimum atomic E-state index is -3.48. The molecule has 1 aliphatic heterocycles. The zero-order valence-electron chi connectivity index (χ0n) is 18.2. The van der Waals surface area contributed by atoms with E-state index in [0.29, 0.717) is 18.1 Å². The van der Waals surface area contributed by atoms with Crippen LogP contribution in [0.5, 0.6) is 5.75 Å². The summed E-state index contributed by atoms with van der Waals surface area (Å²) in [7, 11) is -3.48. The van der Waals surface area contributed by atoms with Crippen molar-refractivity contribution in [3.05, 3.63) is 47.7 Å². The zero-order valence-corrected chi connectivity index (χ0v) is 19.0. The van der Waals surface area contributed by atoms with Crippen molar-refractivity contribution in [1.29, 1.82) is 0 Å². The van der Waals surface area contributed by atoms with Gasteiger partial charge in [-0.1, -0.05) is 13.0 Å². The van der Waals surface area contributed by atoms with Crippen LogP contribution < -0.4 is 15.0 Å². The van der Waals surface area contributed by atoms with Crippen molar-refractivity contribution < 1.29 is 27.1 Å². The summed E-state index contributed by atoms with van der Waals surface area (Å²) in [5, 5.41) is 2.16. The third-order valence-corrected chi connectivity index (χ3v) is 7.43. The molecule has 0 spiro atoms. The number of nitrogens with one attached hydrogen (secondary N) is 1. The third kappa shape index (κ3) is 6.04. The van der Waals surface area contributed by atoms with Crippen LogP contribution in [0.4, 0.5) is 15.0 Å². The number of amides is 3. The lowest BCUT2D eigenvalue weighted by atomic mass is 10.0. The van der Waals surface area contributed by atoms with Crippen LogP contribution in [0.1, 0.15) is 37.1 Å². The molecule has 2 fully saturated rings. The van der Waals surface area contributed by atoms with Crippen molar-refractivity contribution in [3.63, 3.8) is 0 Å². The van der Waals surface area contributed by atoms with E-state index in [1.54, 1.807) is 19.1 Å². The second-order valence-corrected chi connectivity index (χ2v) is 10.7. The Hall–Kier alpha value is -3.08. The summed E-state index contributed by atoms with van der Waals surface area (Å²) in [6.07, 6.45) is 3.66. The van der Waals surface area contributed by atoms with Gasteiger partial charge in [0.05, 0.1) is 18.1 Å². The van der Waals surface area contributed by atoms with Crippen LogP contribution >= 0.6 is 0 Å². The molecule has 0 radical (unpaired) electrons. The number of anilines is 1. The van der Waals surface area contributed by atoms with Crippen LogP contribution in [0, 0.1) is 11.7 Å². The Morgan fingerprint density at radius 3 is 2.76 bits per heavy atom. The fourth-order valence-electron chi connectivity index (χ4n) is 3.52. The molecule has 2 heterocycles. The van der Waals surface area contributed by atoms with Crippen molar-refractivity contribution in [2.24, 2.45) is 5.92 Å². The molecule has 33 heavy (non-hydrogen) atoms. The highest BCUT2D eigenvalue weighted by atomic mass is 32.2. The Bertz CT molecular complexity index is 1170. The van der Waals surface area contributed by atoms with E-state index in [4.69, 9.17) is 4.74 Å². The summed E-state index contributed by atoms with van der Waals surface area (Å²) in [5.41, 5.74) is 0.689. The first kappa shape index (κ1) is 23.1. The number of nitrogens with zero attached hydrogens (tertiary/aromatic N) is 3. The first-order valence-electron chi connectivity index (χ1n) is 10.8. The number of carbonyl (C=O) groups is 2. The Kier molecular flexibility index (Phi) is 6.59. The van der Waals surface area contributed by atoms with Gasteiger partial charge < -0.3 is 4.74 Å². The van der Waals surface area contributed by atoms with Gasteiger partial charge in [-0.25, -0.2) is 27.6 Å². The van der Waals surface area contributed by atoms with Gasteiger partial charge in [0.15, 0.2) is 21.4 Å². The minimum Gasteiger partial charge on any atom is -0.490 e. The number of benzene rings is 1.